The Morgan fingerprint density at radius 3 is 2.32 bits per heavy atom. The predicted octanol–water partition coefficient (Wildman–Crippen LogP) is 3.84. The second kappa shape index (κ2) is 9.74. The molecule has 2 bridgehead atoms. The summed E-state index contributed by atoms with van der Waals surface area (Å²) in [5.41, 5.74) is -0.831. The molecule has 0 aromatic heterocycles. The number of aliphatic hydroxyl groups excluding tert-OH is 1. The van der Waals surface area contributed by atoms with Crippen LogP contribution >= 0.6 is 11.6 Å². The lowest BCUT2D eigenvalue weighted by molar-refractivity contribution is -0.148. The molecule has 0 radical (unpaired) electrons. The van der Waals surface area contributed by atoms with Gasteiger partial charge in [0.15, 0.2) is 0 Å². The van der Waals surface area contributed by atoms with Crippen molar-refractivity contribution in [1.82, 2.24) is 4.90 Å². The van der Waals surface area contributed by atoms with Gasteiger partial charge in [-0.25, -0.2) is 0 Å². The van der Waals surface area contributed by atoms with Crippen LogP contribution in [0.25, 0.3) is 0 Å². The predicted molar refractivity (Wildman–Crippen MR) is 140 cm³/mol. The molecule has 8 nitrogen and oxygen atoms in total. The van der Waals surface area contributed by atoms with Gasteiger partial charge in [-0.05, 0) is 62.1 Å². The number of halogens is 1. The molecule has 0 saturated carbocycles. The highest BCUT2D eigenvalue weighted by Crippen LogP contribution is 2.64. The molecule has 2 aromatic rings. The summed E-state index contributed by atoms with van der Waals surface area (Å²) in [6.45, 7) is 3.52. The van der Waals surface area contributed by atoms with Gasteiger partial charge in [0, 0.05) is 16.4 Å². The molecule has 3 amide bonds. The van der Waals surface area contributed by atoms with E-state index in [4.69, 9.17) is 16.3 Å². The molecule has 0 aliphatic carbocycles. The highest BCUT2D eigenvalue weighted by atomic mass is 35.5. The van der Waals surface area contributed by atoms with Crippen LogP contribution in [0, 0.1) is 11.8 Å². The smallest absolute Gasteiger partial charge is 0.250 e. The number of anilines is 2. The first-order chi connectivity index (χ1) is 17.8. The normalized spacial score (nSPS) is 30.8. The number of hydrogen-bond donors (Lipinski definition) is 3. The van der Waals surface area contributed by atoms with Crippen molar-refractivity contribution in [3.8, 4) is 0 Å². The lowest BCUT2D eigenvalue weighted by atomic mass is 9.65. The van der Waals surface area contributed by atoms with Crippen molar-refractivity contribution in [2.24, 2.45) is 11.8 Å². The highest BCUT2D eigenvalue weighted by Gasteiger charge is 2.79. The second-order valence-corrected chi connectivity index (χ2v) is 10.6. The van der Waals surface area contributed by atoms with E-state index >= 15 is 0 Å². The summed E-state index contributed by atoms with van der Waals surface area (Å²) in [5.74, 6) is -2.59. The Kier molecular flexibility index (Phi) is 6.77. The van der Waals surface area contributed by atoms with Crippen LogP contribution in [0.1, 0.15) is 39.5 Å². The summed E-state index contributed by atoms with van der Waals surface area (Å²) in [5, 5.41) is 16.6. The van der Waals surface area contributed by atoms with Crippen molar-refractivity contribution in [2.45, 2.75) is 62.8 Å². The maximum atomic E-state index is 14.1. The van der Waals surface area contributed by atoms with E-state index in [0.717, 1.165) is 0 Å². The van der Waals surface area contributed by atoms with Gasteiger partial charge < -0.3 is 25.4 Å². The number of ether oxygens (including phenoxy) is 1. The molecule has 37 heavy (non-hydrogen) atoms. The van der Waals surface area contributed by atoms with E-state index in [-0.39, 0.29) is 18.4 Å². The molecular weight excluding hydrogens is 494 g/mol. The third kappa shape index (κ3) is 4.02. The zero-order chi connectivity index (χ0) is 26.4. The zero-order valence-corrected chi connectivity index (χ0v) is 21.7. The fourth-order valence-electron chi connectivity index (χ4n) is 6.65. The second-order valence-electron chi connectivity index (χ2n) is 10.2. The van der Waals surface area contributed by atoms with Crippen molar-refractivity contribution < 1.29 is 24.2 Å². The van der Waals surface area contributed by atoms with Gasteiger partial charge in [0.25, 0.3) is 0 Å². The minimum atomic E-state index is -1.16. The van der Waals surface area contributed by atoms with E-state index in [1.54, 1.807) is 36.4 Å². The summed E-state index contributed by atoms with van der Waals surface area (Å²) in [6.07, 6.45) is 2.03. The Morgan fingerprint density at radius 1 is 1.05 bits per heavy atom. The standard InChI is InChI=1S/C28H32ClN3O5/c1-3-20(16-33)32-23(25(35)31-19-12-10-17(29)11-13-19)28-15-14-27(4-2,37-28)21(22(28)26(32)36)24(34)30-18-8-6-5-7-9-18/h5-13,20-23,33H,3-4,14-16H2,1-2H3,(H,30,34)(H,31,35)/t20-,21+,22-,23?,27-,28?/m0/s1. The molecule has 9 heteroatoms. The molecule has 3 aliphatic heterocycles. The monoisotopic (exact) mass is 525 g/mol. The third-order valence-corrected chi connectivity index (χ3v) is 8.63. The summed E-state index contributed by atoms with van der Waals surface area (Å²) in [7, 11) is 0. The number of nitrogens with one attached hydrogen (secondary N) is 2. The van der Waals surface area contributed by atoms with Crippen LogP contribution in [-0.4, -0.2) is 57.6 Å². The number of carbonyl (C=O) groups excluding carboxylic acids is 3. The van der Waals surface area contributed by atoms with E-state index in [2.05, 4.69) is 10.6 Å². The number of benzene rings is 2. The lowest BCUT2D eigenvalue weighted by Crippen LogP contribution is -2.56. The Morgan fingerprint density at radius 2 is 1.70 bits per heavy atom. The number of rotatable bonds is 8. The largest absolute Gasteiger partial charge is 0.394 e. The molecule has 3 aliphatic rings. The van der Waals surface area contributed by atoms with E-state index < -0.39 is 41.0 Å². The van der Waals surface area contributed by atoms with E-state index in [1.807, 2.05) is 32.0 Å². The molecule has 196 valence electrons. The molecule has 3 N–H and O–H groups in total. The average molecular weight is 526 g/mol. The van der Waals surface area contributed by atoms with Gasteiger partial charge >= 0.3 is 0 Å². The first-order valence-electron chi connectivity index (χ1n) is 12.9. The van der Waals surface area contributed by atoms with Crippen LogP contribution < -0.4 is 10.6 Å². The van der Waals surface area contributed by atoms with Gasteiger partial charge in [-0.3, -0.25) is 14.4 Å². The molecule has 2 aromatic carbocycles. The van der Waals surface area contributed by atoms with Crippen LogP contribution in [-0.2, 0) is 19.1 Å². The van der Waals surface area contributed by atoms with Crippen molar-refractivity contribution in [3.05, 3.63) is 59.6 Å². The lowest BCUT2D eigenvalue weighted by Gasteiger charge is -2.37. The highest BCUT2D eigenvalue weighted by molar-refractivity contribution is 6.30. The molecule has 1 spiro atoms. The molecule has 3 fully saturated rings. The molecule has 6 atom stereocenters. The van der Waals surface area contributed by atoms with Gasteiger partial charge in [-0.1, -0.05) is 43.6 Å². The fraction of sp³-hybridized carbons (Fsp3) is 0.464. The van der Waals surface area contributed by atoms with Gasteiger partial charge in [0.2, 0.25) is 17.7 Å². The number of amides is 3. The Labute approximate surface area is 221 Å². The van der Waals surface area contributed by atoms with Gasteiger partial charge in [0.1, 0.15) is 11.6 Å². The first kappa shape index (κ1) is 25.7. The van der Waals surface area contributed by atoms with E-state index in [1.165, 1.54) is 4.90 Å². The number of para-hydroxylation sites is 1. The van der Waals surface area contributed by atoms with E-state index in [9.17, 15) is 19.5 Å². The number of fused-ring (bicyclic) bond motifs is 1. The molecule has 2 unspecified atom stereocenters. The molecular formula is C28H32ClN3O5. The van der Waals surface area contributed by atoms with Crippen molar-refractivity contribution in [2.75, 3.05) is 17.2 Å². The SMILES string of the molecule is CC[C@@H](CO)N1C(=O)[C@@H]2[C@H](C(=O)Nc3ccccc3)[C@]3(CC)CCC2(O3)C1C(=O)Nc1ccc(Cl)cc1. The summed E-state index contributed by atoms with van der Waals surface area (Å²) in [4.78, 5) is 43.2. The van der Waals surface area contributed by atoms with Crippen molar-refractivity contribution >= 4 is 40.7 Å². The van der Waals surface area contributed by atoms with Crippen LogP contribution in [0.3, 0.4) is 0 Å². The van der Waals surface area contributed by atoms with Crippen LogP contribution in [0.5, 0.6) is 0 Å². The number of likely N-dealkylation sites (tertiary alicyclic amines) is 1. The van der Waals surface area contributed by atoms with Gasteiger partial charge in [-0.2, -0.15) is 0 Å². The van der Waals surface area contributed by atoms with Gasteiger partial charge in [-0.15, -0.1) is 0 Å². The zero-order valence-electron chi connectivity index (χ0n) is 20.9. The number of nitrogens with zero attached hydrogens (tertiary/aromatic N) is 1. The fourth-order valence-corrected chi connectivity index (χ4v) is 6.77. The van der Waals surface area contributed by atoms with Crippen LogP contribution in [0.15, 0.2) is 54.6 Å². The quantitative estimate of drug-likeness (QED) is 0.485. The van der Waals surface area contributed by atoms with Gasteiger partial charge in [0.05, 0.1) is 30.1 Å². The molecule has 5 rings (SSSR count). The summed E-state index contributed by atoms with van der Waals surface area (Å²) < 4.78 is 6.74. The maximum absolute atomic E-state index is 14.1. The number of aliphatic hydroxyl groups is 1. The molecule has 3 saturated heterocycles. The average Bonchev–Trinajstić information content (AvgIpc) is 3.51. The van der Waals surface area contributed by atoms with Crippen molar-refractivity contribution in [3.63, 3.8) is 0 Å². The maximum Gasteiger partial charge on any atom is 0.250 e. The number of carbonyl (C=O) groups is 3. The number of hydrogen-bond acceptors (Lipinski definition) is 5. The Balaban J connectivity index is 1.55. The molecule has 3 heterocycles. The van der Waals surface area contributed by atoms with E-state index in [0.29, 0.717) is 42.1 Å². The van der Waals surface area contributed by atoms with Crippen LogP contribution in [0.2, 0.25) is 5.02 Å². The topological polar surface area (TPSA) is 108 Å². The van der Waals surface area contributed by atoms with Crippen LogP contribution in [0.4, 0.5) is 11.4 Å². The van der Waals surface area contributed by atoms with Crippen molar-refractivity contribution in [1.29, 1.82) is 0 Å². The Hall–Kier alpha value is -2.94. The first-order valence-corrected chi connectivity index (χ1v) is 13.2. The Bertz CT molecular complexity index is 1190. The summed E-state index contributed by atoms with van der Waals surface area (Å²) in [6, 6.07) is 14.3. The minimum Gasteiger partial charge on any atom is -0.394 e. The summed E-state index contributed by atoms with van der Waals surface area (Å²) >= 11 is 6.00. The minimum absolute atomic E-state index is 0.288. The third-order valence-electron chi connectivity index (χ3n) is 8.38.